The van der Waals surface area contributed by atoms with Gasteiger partial charge in [-0.1, -0.05) is 43.0 Å². The second kappa shape index (κ2) is 5.94. The topological polar surface area (TPSA) is 29.1 Å². The van der Waals surface area contributed by atoms with Gasteiger partial charge in [0.1, 0.15) is 0 Å². The van der Waals surface area contributed by atoms with Crippen molar-refractivity contribution in [1.82, 2.24) is 5.32 Å². The first-order valence-electron chi connectivity index (χ1n) is 6.34. The number of halogens is 2. The van der Waals surface area contributed by atoms with E-state index in [4.69, 9.17) is 23.2 Å². The van der Waals surface area contributed by atoms with E-state index in [1.165, 1.54) is 19.3 Å². The lowest BCUT2D eigenvalue weighted by Gasteiger charge is -2.29. The maximum Gasteiger partial charge on any atom is 0.253 e. The summed E-state index contributed by atoms with van der Waals surface area (Å²) in [6.07, 6.45) is 4.68. The average Bonchev–Trinajstić information content (AvgIpc) is 2.32. The molecule has 1 aliphatic rings. The minimum atomic E-state index is -0.101. The number of carbonyl (C=O) groups is 1. The standard InChI is InChI=1S/C14H17Cl2NO/c1-9-4-2-3-5-13(9)17-14(18)11-7-6-10(15)8-12(11)16/h6-9,13H,2-5H2,1H3,(H,17,18)/t9-,13-/m0/s1. The Morgan fingerprint density at radius 2 is 2.00 bits per heavy atom. The molecule has 1 amide bonds. The first kappa shape index (κ1) is 13.7. The van der Waals surface area contributed by atoms with Gasteiger partial charge in [0.2, 0.25) is 0 Å². The molecule has 1 aliphatic carbocycles. The van der Waals surface area contributed by atoms with Crippen molar-refractivity contribution in [3.8, 4) is 0 Å². The zero-order valence-corrected chi connectivity index (χ0v) is 11.9. The van der Waals surface area contributed by atoms with Gasteiger partial charge in [-0.15, -0.1) is 0 Å². The van der Waals surface area contributed by atoms with Crippen LogP contribution in [0.1, 0.15) is 43.0 Å². The normalized spacial score (nSPS) is 23.7. The Morgan fingerprint density at radius 1 is 1.28 bits per heavy atom. The van der Waals surface area contributed by atoms with E-state index in [0.717, 1.165) is 6.42 Å². The van der Waals surface area contributed by atoms with Crippen LogP contribution < -0.4 is 5.32 Å². The van der Waals surface area contributed by atoms with Gasteiger partial charge in [-0.2, -0.15) is 0 Å². The van der Waals surface area contributed by atoms with Crippen LogP contribution in [0.5, 0.6) is 0 Å². The minimum absolute atomic E-state index is 0.101. The summed E-state index contributed by atoms with van der Waals surface area (Å²) < 4.78 is 0. The third-order valence-corrected chi connectivity index (χ3v) is 4.15. The molecular formula is C14H17Cl2NO. The summed E-state index contributed by atoms with van der Waals surface area (Å²) in [6, 6.07) is 5.22. The van der Waals surface area contributed by atoms with Crippen molar-refractivity contribution in [1.29, 1.82) is 0 Å². The van der Waals surface area contributed by atoms with Gasteiger partial charge in [0.15, 0.2) is 0 Å². The lowest BCUT2D eigenvalue weighted by molar-refractivity contribution is 0.0910. The third kappa shape index (κ3) is 3.18. The van der Waals surface area contributed by atoms with E-state index in [9.17, 15) is 4.79 Å². The molecule has 2 atom stereocenters. The van der Waals surface area contributed by atoms with Gasteiger partial charge in [-0.05, 0) is 37.0 Å². The number of hydrogen-bond donors (Lipinski definition) is 1. The maximum atomic E-state index is 12.2. The van der Waals surface area contributed by atoms with E-state index >= 15 is 0 Å². The van der Waals surface area contributed by atoms with E-state index in [-0.39, 0.29) is 11.9 Å². The van der Waals surface area contributed by atoms with E-state index in [0.29, 0.717) is 21.5 Å². The van der Waals surface area contributed by atoms with Crippen LogP contribution in [0.2, 0.25) is 10.0 Å². The van der Waals surface area contributed by atoms with Crippen LogP contribution in [0.4, 0.5) is 0 Å². The molecule has 0 bridgehead atoms. The summed E-state index contributed by atoms with van der Waals surface area (Å²) in [4.78, 5) is 12.2. The second-order valence-corrected chi connectivity index (χ2v) is 5.81. The van der Waals surface area contributed by atoms with Crippen LogP contribution >= 0.6 is 23.2 Å². The van der Waals surface area contributed by atoms with Crippen LogP contribution in [0.3, 0.4) is 0 Å². The Bertz CT molecular complexity index is 447. The van der Waals surface area contributed by atoms with E-state index < -0.39 is 0 Å². The lowest BCUT2D eigenvalue weighted by Crippen LogP contribution is -2.41. The first-order chi connectivity index (χ1) is 8.58. The highest BCUT2D eigenvalue weighted by molar-refractivity contribution is 6.36. The Balaban J connectivity index is 2.07. The quantitative estimate of drug-likeness (QED) is 0.862. The highest BCUT2D eigenvalue weighted by Gasteiger charge is 2.23. The largest absolute Gasteiger partial charge is 0.349 e. The molecular weight excluding hydrogens is 269 g/mol. The molecule has 0 aromatic heterocycles. The molecule has 1 aromatic rings. The molecule has 0 heterocycles. The van der Waals surface area contributed by atoms with E-state index in [1.54, 1.807) is 18.2 Å². The molecule has 0 saturated heterocycles. The monoisotopic (exact) mass is 285 g/mol. The Labute approximate surface area is 118 Å². The van der Waals surface area contributed by atoms with Crippen LogP contribution in [0.25, 0.3) is 0 Å². The number of benzene rings is 1. The van der Waals surface area contributed by atoms with Crippen LogP contribution in [0, 0.1) is 5.92 Å². The predicted molar refractivity (Wildman–Crippen MR) is 75.3 cm³/mol. The molecule has 0 unspecified atom stereocenters. The smallest absolute Gasteiger partial charge is 0.253 e. The summed E-state index contributed by atoms with van der Waals surface area (Å²) in [7, 11) is 0. The molecule has 2 rings (SSSR count). The molecule has 4 heteroatoms. The van der Waals surface area contributed by atoms with Crippen molar-refractivity contribution in [3.63, 3.8) is 0 Å². The summed E-state index contributed by atoms with van der Waals surface area (Å²) >= 11 is 11.9. The van der Waals surface area contributed by atoms with Gasteiger partial charge >= 0.3 is 0 Å². The fraction of sp³-hybridized carbons (Fsp3) is 0.500. The summed E-state index contributed by atoms with van der Waals surface area (Å²) in [5.74, 6) is 0.434. The van der Waals surface area contributed by atoms with Gasteiger partial charge in [0.05, 0.1) is 10.6 Å². The fourth-order valence-corrected chi connectivity index (χ4v) is 2.94. The van der Waals surface area contributed by atoms with Gasteiger partial charge in [-0.25, -0.2) is 0 Å². The number of nitrogens with one attached hydrogen (secondary N) is 1. The summed E-state index contributed by atoms with van der Waals surface area (Å²) in [6.45, 7) is 2.19. The van der Waals surface area contributed by atoms with Gasteiger partial charge < -0.3 is 5.32 Å². The maximum absolute atomic E-state index is 12.2. The molecule has 1 saturated carbocycles. The van der Waals surface area contributed by atoms with Crippen LogP contribution in [-0.4, -0.2) is 11.9 Å². The van der Waals surface area contributed by atoms with Crippen LogP contribution in [-0.2, 0) is 0 Å². The first-order valence-corrected chi connectivity index (χ1v) is 7.09. The molecule has 2 nitrogen and oxygen atoms in total. The van der Waals surface area contributed by atoms with Gasteiger partial charge in [0, 0.05) is 11.1 Å². The molecule has 0 radical (unpaired) electrons. The SMILES string of the molecule is C[C@H]1CCCC[C@@H]1NC(=O)c1ccc(Cl)cc1Cl. The molecule has 1 fully saturated rings. The predicted octanol–water partition coefficient (Wildman–Crippen LogP) is 4.30. The van der Waals surface area contributed by atoms with Crippen molar-refractivity contribution in [2.75, 3.05) is 0 Å². The molecule has 1 N–H and O–H groups in total. The van der Waals surface area contributed by atoms with Gasteiger partial charge in [-0.3, -0.25) is 4.79 Å². The van der Waals surface area contributed by atoms with E-state index in [1.807, 2.05) is 0 Å². The second-order valence-electron chi connectivity index (χ2n) is 4.97. The van der Waals surface area contributed by atoms with Gasteiger partial charge in [0.25, 0.3) is 5.91 Å². The average molecular weight is 286 g/mol. The lowest BCUT2D eigenvalue weighted by atomic mass is 9.86. The van der Waals surface area contributed by atoms with Crippen molar-refractivity contribution >= 4 is 29.1 Å². The van der Waals surface area contributed by atoms with Crippen molar-refractivity contribution < 1.29 is 4.79 Å². The molecule has 18 heavy (non-hydrogen) atoms. The van der Waals surface area contributed by atoms with Crippen molar-refractivity contribution in [2.24, 2.45) is 5.92 Å². The zero-order valence-electron chi connectivity index (χ0n) is 10.4. The number of amides is 1. The number of carbonyl (C=O) groups excluding carboxylic acids is 1. The highest BCUT2D eigenvalue weighted by Crippen LogP contribution is 2.25. The number of hydrogen-bond acceptors (Lipinski definition) is 1. The minimum Gasteiger partial charge on any atom is -0.349 e. The van der Waals surface area contributed by atoms with Crippen molar-refractivity contribution in [2.45, 2.75) is 38.6 Å². The van der Waals surface area contributed by atoms with E-state index in [2.05, 4.69) is 12.2 Å². The zero-order chi connectivity index (χ0) is 13.1. The van der Waals surface area contributed by atoms with Crippen LogP contribution in [0.15, 0.2) is 18.2 Å². The Hall–Kier alpha value is -0.730. The summed E-state index contributed by atoms with van der Waals surface area (Å²) in [5, 5.41) is 4.03. The Morgan fingerprint density at radius 3 is 2.67 bits per heavy atom. The molecule has 1 aromatic carbocycles. The molecule has 0 spiro atoms. The summed E-state index contributed by atoms with van der Waals surface area (Å²) in [5.41, 5.74) is 0.499. The molecule has 0 aliphatic heterocycles. The Kier molecular flexibility index (Phi) is 4.52. The highest BCUT2D eigenvalue weighted by atomic mass is 35.5. The third-order valence-electron chi connectivity index (χ3n) is 3.60. The number of rotatable bonds is 2. The molecule has 98 valence electrons. The van der Waals surface area contributed by atoms with Crippen molar-refractivity contribution in [3.05, 3.63) is 33.8 Å². The fourth-order valence-electron chi connectivity index (χ4n) is 2.45.